The lowest BCUT2D eigenvalue weighted by Gasteiger charge is -2.13. The lowest BCUT2D eigenvalue weighted by molar-refractivity contribution is 0.174. The molecular formula is C21H23F2N3O2. The Bertz CT molecular complexity index is 985. The van der Waals surface area contributed by atoms with Crippen LogP contribution >= 0.6 is 0 Å². The SMILES string of the molecule is CC(C)Cn1ccc2cc(NC(=O)NC[C@H](O)c3ccc(F)c(F)c3)ccc21. The Morgan fingerprint density at radius 2 is 1.89 bits per heavy atom. The number of aromatic nitrogens is 1. The molecule has 7 heteroatoms. The van der Waals surface area contributed by atoms with E-state index in [1.54, 1.807) is 0 Å². The summed E-state index contributed by atoms with van der Waals surface area (Å²) in [6, 6.07) is 10.3. The van der Waals surface area contributed by atoms with Crippen molar-refractivity contribution >= 4 is 22.6 Å². The summed E-state index contributed by atoms with van der Waals surface area (Å²) in [7, 11) is 0. The summed E-state index contributed by atoms with van der Waals surface area (Å²) >= 11 is 0. The van der Waals surface area contributed by atoms with Gasteiger partial charge in [0.1, 0.15) is 0 Å². The van der Waals surface area contributed by atoms with Crippen LogP contribution in [0.4, 0.5) is 19.3 Å². The lowest BCUT2D eigenvalue weighted by Crippen LogP contribution is -2.32. The summed E-state index contributed by atoms with van der Waals surface area (Å²) in [5.41, 5.74) is 1.90. The first-order chi connectivity index (χ1) is 13.3. The van der Waals surface area contributed by atoms with Gasteiger partial charge in [-0.1, -0.05) is 19.9 Å². The lowest BCUT2D eigenvalue weighted by atomic mass is 10.1. The predicted molar refractivity (Wildman–Crippen MR) is 105 cm³/mol. The first-order valence-corrected chi connectivity index (χ1v) is 9.10. The fraction of sp³-hybridized carbons (Fsp3) is 0.286. The van der Waals surface area contributed by atoms with E-state index in [9.17, 15) is 18.7 Å². The predicted octanol–water partition coefficient (Wildman–Crippen LogP) is 4.43. The van der Waals surface area contributed by atoms with Gasteiger partial charge >= 0.3 is 6.03 Å². The fourth-order valence-corrected chi connectivity index (χ4v) is 3.03. The molecule has 0 unspecified atom stereocenters. The van der Waals surface area contributed by atoms with E-state index in [1.807, 2.05) is 30.5 Å². The van der Waals surface area contributed by atoms with Crippen LogP contribution in [0.1, 0.15) is 25.5 Å². The second-order valence-corrected chi connectivity index (χ2v) is 7.16. The molecule has 0 aliphatic rings. The molecule has 0 spiro atoms. The summed E-state index contributed by atoms with van der Waals surface area (Å²) in [5.74, 6) is -1.50. The molecule has 3 aromatic rings. The second kappa shape index (κ2) is 8.39. The minimum Gasteiger partial charge on any atom is -0.387 e. The molecular weight excluding hydrogens is 364 g/mol. The minimum absolute atomic E-state index is 0.135. The number of hydrogen-bond acceptors (Lipinski definition) is 2. The largest absolute Gasteiger partial charge is 0.387 e. The van der Waals surface area contributed by atoms with Crippen molar-refractivity contribution in [2.24, 2.45) is 5.92 Å². The number of carbonyl (C=O) groups excluding carboxylic acids is 1. The first kappa shape index (κ1) is 19.8. The quantitative estimate of drug-likeness (QED) is 0.586. The number of urea groups is 1. The zero-order chi connectivity index (χ0) is 20.3. The van der Waals surface area contributed by atoms with Gasteiger partial charge in [-0.05, 0) is 47.9 Å². The number of fused-ring (bicyclic) bond motifs is 1. The van der Waals surface area contributed by atoms with Crippen molar-refractivity contribution in [3.63, 3.8) is 0 Å². The molecule has 1 atom stereocenters. The van der Waals surface area contributed by atoms with Crippen molar-refractivity contribution in [2.45, 2.75) is 26.5 Å². The molecule has 2 aromatic carbocycles. The van der Waals surface area contributed by atoms with E-state index >= 15 is 0 Å². The van der Waals surface area contributed by atoms with Crippen molar-refractivity contribution < 1.29 is 18.7 Å². The minimum atomic E-state index is -1.15. The zero-order valence-electron chi connectivity index (χ0n) is 15.7. The molecule has 0 aliphatic carbocycles. The first-order valence-electron chi connectivity index (χ1n) is 9.10. The Kier molecular flexibility index (Phi) is 5.94. The molecule has 148 valence electrons. The summed E-state index contributed by atoms with van der Waals surface area (Å²) in [5, 5.41) is 16.3. The van der Waals surface area contributed by atoms with Gasteiger partial charge in [0, 0.05) is 35.9 Å². The number of aliphatic hydroxyl groups excluding tert-OH is 1. The van der Waals surface area contributed by atoms with Gasteiger partial charge in [0.2, 0.25) is 0 Å². The molecule has 0 bridgehead atoms. The maximum atomic E-state index is 13.2. The van der Waals surface area contributed by atoms with Crippen LogP contribution in [-0.2, 0) is 6.54 Å². The van der Waals surface area contributed by atoms with Crippen molar-refractivity contribution in [3.05, 3.63) is 65.9 Å². The Morgan fingerprint density at radius 3 is 2.61 bits per heavy atom. The highest BCUT2D eigenvalue weighted by Crippen LogP contribution is 2.21. The van der Waals surface area contributed by atoms with Gasteiger partial charge in [0.05, 0.1) is 6.10 Å². The Hall–Kier alpha value is -2.93. The highest BCUT2D eigenvalue weighted by atomic mass is 19.2. The van der Waals surface area contributed by atoms with E-state index in [-0.39, 0.29) is 12.1 Å². The number of rotatable bonds is 6. The molecule has 0 radical (unpaired) electrons. The average molecular weight is 387 g/mol. The fourth-order valence-electron chi connectivity index (χ4n) is 3.03. The number of halogens is 2. The Labute approximate surface area is 162 Å². The monoisotopic (exact) mass is 387 g/mol. The van der Waals surface area contributed by atoms with Crippen molar-refractivity contribution in [3.8, 4) is 0 Å². The number of hydrogen-bond donors (Lipinski definition) is 3. The molecule has 5 nitrogen and oxygen atoms in total. The average Bonchev–Trinajstić information content (AvgIpc) is 3.03. The topological polar surface area (TPSA) is 66.3 Å². The normalized spacial score (nSPS) is 12.4. The highest BCUT2D eigenvalue weighted by Gasteiger charge is 2.13. The molecule has 0 fully saturated rings. The maximum Gasteiger partial charge on any atom is 0.319 e. The standard InChI is InChI=1S/C21H23F2N3O2/c1-13(2)12-26-8-7-14-9-16(4-6-19(14)26)25-21(28)24-11-20(27)15-3-5-17(22)18(23)10-15/h3-10,13,20,27H,11-12H2,1-2H3,(H2,24,25,28)/t20-/m0/s1. The maximum absolute atomic E-state index is 13.2. The van der Waals surface area contributed by atoms with Crippen LogP contribution in [0.25, 0.3) is 10.9 Å². The molecule has 1 aromatic heterocycles. The van der Waals surface area contributed by atoms with Gasteiger partial charge in [-0.3, -0.25) is 0 Å². The van der Waals surface area contributed by atoms with Gasteiger partial charge in [0.25, 0.3) is 0 Å². The van der Waals surface area contributed by atoms with E-state index in [2.05, 4.69) is 29.0 Å². The van der Waals surface area contributed by atoms with E-state index in [0.717, 1.165) is 29.6 Å². The van der Waals surface area contributed by atoms with Crippen LogP contribution in [0, 0.1) is 17.6 Å². The van der Waals surface area contributed by atoms with E-state index in [1.165, 1.54) is 6.07 Å². The number of aliphatic hydroxyl groups is 1. The van der Waals surface area contributed by atoms with Gasteiger partial charge in [-0.15, -0.1) is 0 Å². The van der Waals surface area contributed by atoms with E-state index in [0.29, 0.717) is 11.6 Å². The highest BCUT2D eigenvalue weighted by molar-refractivity contribution is 5.93. The van der Waals surface area contributed by atoms with Crippen LogP contribution in [0.15, 0.2) is 48.7 Å². The van der Waals surface area contributed by atoms with Gasteiger partial charge in [-0.25, -0.2) is 13.6 Å². The number of anilines is 1. The van der Waals surface area contributed by atoms with Crippen LogP contribution < -0.4 is 10.6 Å². The number of carbonyl (C=O) groups is 1. The third-order valence-corrected chi connectivity index (χ3v) is 4.38. The van der Waals surface area contributed by atoms with E-state index in [4.69, 9.17) is 0 Å². The molecule has 1 heterocycles. The molecule has 0 aliphatic heterocycles. The van der Waals surface area contributed by atoms with E-state index < -0.39 is 23.8 Å². The van der Waals surface area contributed by atoms with Crippen molar-refractivity contribution in [1.82, 2.24) is 9.88 Å². The second-order valence-electron chi connectivity index (χ2n) is 7.16. The molecule has 3 N–H and O–H groups in total. The summed E-state index contributed by atoms with van der Waals surface area (Å²) in [6.45, 7) is 5.09. The van der Waals surface area contributed by atoms with Crippen LogP contribution in [0.3, 0.4) is 0 Å². The van der Waals surface area contributed by atoms with Crippen LogP contribution in [-0.4, -0.2) is 22.2 Å². The summed E-state index contributed by atoms with van der Waals surface area (Å²) < 4.78 is 28.4. The van der Waals surface area contributed by atoms with Gasteiger partial charge < -0.3 is 20.3 Å². The summed E-state index contributed by atoms with van der Waals surface area (Å²) in [4.78, 5) is 12.1. The smallest absolute Gasteiger partial charge is 0.319 e. The number of nitrogens with zero attached hydrogens (tertiary/aromatic N) is 1. The molecule has 0 saturated heterocycles. The van der Waals surface area contributed by atoms with Crippen molar-refractivity contribution in [1.29, 1.82) is 0 Å². The molecule has 28 heavy (non-hydrogen) atoms. The Morgan fingerprint density at radius 1 is 1.11 bits per heavy atom. The number of benzene rings is 2. The van der Waals surface area contributed by atoms with Crippen molar-refractivity contribution in [2.75, 3.05) is 11.9 Å². The third-order valence-electron chi connectivity index (χ3n) is 4.38. The number of amides is 2. The molecule has 3 rings (SSSR count). The summed E-state index contributed by atoms with van der Waals surface area (Å²) in [6.07, 6.45) is 0.876. The van der Waals surface area contributed by atoms with Gasteiger partial charge in [-0.2, -0.15) is 0 Å². The van der Waals surface area contributed by atoms with Gasteiger partial charge in [0.15, 0.2) is 11.6 Å². The molecule has 2 amide bonds. The zero-order valence-corrected chi connectivity index (χ0v) is 15.7. The third kappa shape index (κ3) is 4.67. The van der Waals surface area contributed by atoms with Crippen LogP contribution in [0.2, 0.25) is 0 Å². The number of nitrogens with one attached hydrogen (secondary N) is 2. The molecule has 0 saturated carbocycles. The Balaban J connectivity index is 1.59. The van der Waals surface area contributed by atoms with Crippen LogP contribution in [0.5, 0.6) is 0 Å².